The highest BCUT2D eigenvalue weighted by molar-refractivity contribution is 5.87. The Bertz CT molecular complexity index is 3280. The SMILES string of the molecule is CNC(=O)O[C@H](C(=O)NN(Cc1c(F)cc(-c2cnc(N3C[C@@H]4CC[C@@H](C3)N4C3COC3)nc2)cc1F)C[C@H](O)[C@H](Cc1ccc(C#Cc2cnc(N3C[C@@H]4CC[C@@H](C3)N4C3COC3)nc2)cc1)NC(=O)[C@@H](NC(=O)OC)C(C)(C)C(F)(F)F)C(C)(C)C(F)(F)F. The molecule has 2 aromatic carbocycles. The number of aliphatic hydroxyl groups excluding tert-OH is 1. The number of ether oxygens (including phenoxy) is 4. The third kappa shape index (κ3) is 14.6. The molecule has 6 aliphatic heterocycles. The van der Waals surface area contributed by atoms with Gasteiger partial charge in [0.25, 0.3) is 5.91 Å². The van der Waals surface area contributed by atoms with Gasteiger partial charge < -0.3 is 49.8 Å². The number of carbonyl (C=O) groups excluding carboxylic acids is 4. The first kappa shape index (κ1) is 66.4. The van der Waals surface area contributed by atoms with Crippen molar-refractivity contribution >= 4 is 35.9 Å². The first-order chi connectivity index (χ1) is 43.1. The van der Waals surface area contributed by atoms with Crippen molar-refractivity contribution in [2.45, 2.75) is 139 Å². The third-order valence-corrected chi connectivity index (χ3v) is 18.3. The Morgan fingerprint density at radius 1 is 0.670 bits per heavy atom. The number of alkyl halides is 6. The zero-order valence-corrected chi connectivity index (χ0v) is 50.9. The molecular formula is C61H73F8N13O9. The molecule has 4 bridgehead atoms. The Kier molecular flexibility index (Phi) is 19.7. The molecule has 8 atom stereocenters. The molecule has 6 fully saturated rings. The summed E-state index contributed by atoms with van der Waals surface area (Å²) in [5.74, 6) is 1.30. The summed E-state index contributed by atoms with van der Waals surface area (Å²) in [5, 5.41) is 19.1. The molecule has 0 radical (unpaired) electrons. The fraction of sp³-hybridized carbons (Fsp3) is 0.574. The van der Waals surface area contributed by atoms with Crippen LogP contribution in [0.2, 0.25) is 0 Å². The van der Waals surface area contributed by atoms with Gasteiger partial charge in [-0.1, -0.05) is 24.0 Å². The molecule has 492 valence electrons. The number of aliphatic hydroxyl groups is 1. The minimum absolute atomic E-state index is 0.0342. The van der Waals surface area contributed by atoms with E-state index in [1.165, 1.54) is 24.5 Å². The second-order valence-corrected chi connectivity index (χ2v) is 25.1. The smallest absolute Gasteiger partial charge is 0.407 e. The predicted molar refractivity (Wildman–Crippen MR) is 311 cm³/mol. The molecule has 0 spiro atoms. The number of halogens is 8. The lowest BCUT2D eigenvalue weighted by molar-refractivity contribution is -0.239. The standard InChI is InChI=1S/C61H73F8N13O9/c1-58(2,60(64,65)66)50(76-57(87)88-6)52(84)75-48(17-35-10-7-34(8-11-35)9-12-36-20-71-54(72-21-36)78-24-39-13-14-40(25-78)81(39)43-30-89-31-43)49(83)29-80(77-53(85)51(91-56(86)70-5)59(3,4)61(67,68)69)28-45-46(62)18-37(19-47(45)63)38-22-73-55(74-23-38)79-26-41-15-16-42(27-79)82(41)44-32-90-33-44/h7-8,10-11,18-23,39-44,48-51,83H,13-17,24-33H2,1-6H3,(H,70,86)(H,75,84)(H,76,87)(H,77,85)/t39-,40-,41-,42-,48-,49-,50+,51+/m0/s1. The van der Waals surface area contributed by atoms with Crippen molar-refractivity contribution in [2.75, 3.05) is 83.1 Å². The van der Waals surface area contributed by atoms with Crippen LogP contribution in [0, 0.1) is 34.3 Å². The van der Waals surface area contributed by atoms with E-state index in [0.29, 0.717) is 112 Å². The van der Waals surface area contributed by atoms with Crippen LogP contribution in [-0.2, 0) is 41.5 Å². The number of benzene rings is 2. The highest BCUT2D eigenvalue weighted by Crippen LogP contribution is 2.43. The molecule has 4 aromatic rings. The average Bonchev–Trinajstić information content (AvgIpc) is 1.75. The van der Waals surface area contributed by atoms with Crippen molar-refractivity contribution in [1.29, 1.82) is 0 Å². The Balaban J connectivity index is 0.910. The Labute approximate surface area is 520 Å². The number of amides is 4. The van der Waals surface area contributed by atoms with Crippen molar-refractivity contribution in [3.05, 3.63) is 95.1 Å². The maximum Gasteiger partial charge on any atom is 0.407 e. The number of rotatable bonds is 20. The number of hydrazine groups is 1. The summed E-state index contributed by atoms with van der Waals surface area (Å²) >= 11 is 0. The van der Waals surface area contributed by atoms with Crippen LogP contribution in [0.15, 0.2) is 61.2 Å². The molecule has 0 unspecified atom stereocenters. The molecule has 91 heavy (non-hydrogen) atoms. The normalized spacial score (nSPS) is 22.0. The van der Waals surface area contributed by atoms with Crippen molar-refractivity contribution in [1.82, 2.24) is 56.1 Å². The van der Waals surface area contributed by atoms with Crippen molar-refractivity contribution in [3.63, 3.8) is 0 Å². The number of aromatic nitrogens is 4. The highest BCUT2D eigenvalue weighted by atomic mass is 19.4. The van der Waals surface area contributed by atoms with Gasteiger partial charge in [0.05, 0.1) is 68.7 Å². The molecular weight excluding hydrogens is 1210 g/mol. The van der Waals surface area contributed by atoms with E-state index in [9.17, 15) is 50.6 Å². The van der Waals surface area contributed by atoms with Gasteiger partial charge in [0.2, 0.25) is 17.8 Å². The molecule has 30 heteroatoms. The van der Waals surface area contributed by atoms with Crippen LogP contribution in [0.1, 0.15) is 75.6 Å². The molecule has 6 saturated heterocycles. The van der Waals surface area contributed by atoms with Gasteiger partial charge in [0.15, 0.2) is 6.10 Å². The van der Waals surface area contributed by atoms with Crippen molar-refractivity contribution in [3.8, 4) is 23.0 Å². The number of alkyl carbamates (subject to hydrolysis) is 2. The van der Waals surface area contributed by atoms with Crippen LogP contribution in [0.4, 0.5) is 56.6 Å². The fourth-order valence-corrected chi connectivity index (χ4v) is 12.6. The van der Waals surface area contributed by atoms with Gasteiger partial charge in [0, 0.05) is 112 Å². The van der Waals surface area contributed by atoms with Crippen LogP contribution < -0.4 is 31.2 Å². The van der Waals surface area contributed by atoms with E-state index in [1.54, 1.807) is 24.5 Å². The number of hydrogen-bond acceptors (Lipinski definition) is 18. The van der Waals surface area contributed by atoms with Crippen LogP contribution in [-0.4, -0.2) is 210 Å². The highest BCUT2D eigenvalue weighted by Gasteiger charge is 2.58. The lowest BCUT2D eigenvalue weighted by Gasteiger charge is -2.47. The zero-order valence-electron chi connectivity index (χ0n) is 50.9. The van der Waals surface area contributed by atoms with E-state index in [-0.39, 0.29) is 23.2 Å². The quantitative estimate of drug-likeness (QED) is 0.0431. The fourth-order valence-electron chi connectivity index (χ4n) is 12.6. The van der Waals surface area contributed by atoms with Crippen LogP contribution in [0.25, 0.3) is 11.1 Å². The van der Waals surface area contributed by atoms with E-state index in [2.05, 4.69) is 66.9 Å². The number of hydrogen-bond donors (Lipinski definition) is 5. The monoisotopic (exact) mass is 1280 g/mol. The lowest BCUT2D eigenvalue weighted by atomic mass is 9.82. The predicted octanol–water partition coefficient (Wildman–Crippen LogP) is 5.26. The molecule has 0 saturated carbocycles. The number of nitrogens with zero attached hydrogens (tertiary/aromatic N) is 9. The molecule has 8 heterocycles. The Morgan fingerprint density at radius 2 is 1.15 bits per heavy atom. The summed E-state index contributed by atoms with van der Waals surface area (Å²) < 4.78 is 142. The van der Waals surface area contributed by atoms with E-state index in [4.69, 9.17) is 14.2 Å². The first-order valence-electron chi connectivity index (χ1n) is 30.0. The number of fused-ring (bicyclic) bond motifs is 4. The topological polar surface area (TPSA) is 241 Å². The van der Waals surface area contributed by atoms with Gasteiger partial charge in [-0.3, -0.25) is 24.8 Å². The summed E-state index contributed by atoms with van der Waals surface area (Å²) in [4.78, 5) is 81.1. The number of anilines is 2. The maximum atomic E-state index is 16.6. The lowest BCUT2D eigenvalue weighted by Crippen LogP contribution is -2.62. The van der Waals surface area contributed by atoms with E-state index >= 15 is 8.78 Å². The van der Waals surface area contributed by atoms with E-state index < -0.39 is 108 Å². The molecule has 5 N–H and O–H groups in total. The number of methoxy groups -OCH3 is 1. The minimum Gasteiger partial charge on any atom is -0.453 e. The summed E-state index contributed by atoms with van der Waals surface area (Å²) in [5.41, 5.74) is -3.46. The minimum atomic E-state index is -5.24. The zero-order chi connectivity index (χ0) is 65.3. The number of piperazine rings is 2. The van der Waals surface area contributed by atoms with Gasteiger partial charge in [0.1, 0.15) is 23.1 Å². The van der Waals surface area contributed by atoms with Crippen LogP contribution in [0.5, 0.6) is 0 Å². The van der Waals surface area contributed by atoms with E-state index in [1.807, 2.05) is 10.6 Å². The van der Waals surface area contributed by atoms with Gasteiger partial charge >= 0.3 is 24.5 Å². The van der Waals surface area contributed by atoms with Crippen LogP contribution >= 0.6 is 0 Å². The van der Waals surface area contributed by atoms with Crippen molar-refractivity contribution in [2.24, 2.45) is 10.8 Å². The first-order valence-corrected chi connectivity index (χ1v) is 30.0. The molecule has 4 amide bonds. The van der Waals surface area contributed by atoms with Gasteiger partial charge in [-0.2, -0.15) is 26.3 Å². The average molecular weight is 1280 g/mol. The molecule has 0 aliphatic carbocycles. The molecule has 10 rings (SSSR count). The largest absolute Gasteiger partial charge is 0.453 e. The Hall–Kier alpha value is -7.56. The number of carbonyl (C=O) groups is 4. The third-order valence-electron chi connectivity index (χ3n) is 18.3. The maximum absolute atomic E-state index is 16.6. The van der Waals surface area contributed by atoms with Gasteiger partial charge in [-0.05, 0) is 95.2 Å². The Morgan fingerprint density at radius 3 is 1.60 bits per heavy atom. The second-order valence-electron chi connectivity index (χ2n) is 25.1. The summed E-state index contributed by atoms with van der Waals surface area (Å²) in [7, 11) is 1.86. The van der Waals surface area contributed by atoms with Gasteiger partial charge in [-0.15, -0.1) is 0 Å². The summed E-state index contributed by atoms with van der Waals surface area (Å²) in [6.45, 7) is 5.99. The molecule has 2 aromatic heterocycles. The van der Waals surface area contributed by atoms with E-state index in [0.717, 1.165) is 78.3 Å². The van der Waals surface area contributed by atoms with Crippen LogP contribution in [0.3, 0.4) is 0 Å². The molecule has 6 aliphatic rings. The summed E-state index contributed by atoms with van der Waals surface area (Å²) in [6.07, 6.45) is -8.39. The number of nitrogens with one attached hydrogen (secondary N) is 4. The van der Waals surface area contributed by atoms with Crippen molar-refractivity contribution < 1.29 is 78.4 Å². The summed E-state index contributed by atoms with van der Waals surface area (Å²) in [6, 6.07) is 5.96. The molecule has 22 nitrogen and oxygen atoms in total. The van der Waals surface area contributed by atoms with Gasteiger partial charge in [-0.25, -0.2) is 43.3 Å². The second kappa shape index (κ2) is 26.9.